The van der Waals surface area contributed by atoms with E-state index in [0.29, 0.717) is 34.8 Å². The Kier molecular flexibility index (Phi) is 7.32. The Morgan fingerprint density at radius 3 is 2.59 bits per heavy atom. The van der Waals surface area contributed by atoms with Crippen LogP contribution < -0.4 is 25.1 Å². The standard InChI is InChI=1S/C25H24FN3O4S/c1-3-5-12-33-20-11-8-17(14-21(20)32-4-2)15-22-24(31)29-25(34-22)27-23(30)19(28-29)13-16-6-9-18(26)10-7-16/h6-11,14-15H,3-5,12-13H2,1-2H3/b22-15-. The molecule has 7 nitrogen and oxygen atoms in total. The quantitative estimate of drug-likeness (QED) is 0.341. The first kappa shape index (κ1) is 23.6. The van der Waals surface area contributed by atoms with Gasteiger partial charge < -0.3 is 9.47 Å². The Balaban J connectivity index is 1.69. The molecule has 2 aromatic heterocycles. The number of thiazole rings is 1. The first-order chi connectivity index (χ1) is 16.5. The molecule has 0 aliphatic carbocycles. The second kappa shape index (κ2) is 10.6. The van der Waals surface area contributed by atoms with Crippen molar-refractivity contribution in [1.82, 2.24) is 14.6 Å². The number of fused-ring (bicyclic) bond motifs is 1. The molecule has 0 saturated carbocycles. The van der Waals surface area contributed by atoms with Crippen LogP contribution >= 0.6 is 11.3 Å². The van der Waals surface area contributed by atoms with Gasteiger partial charge in [-0.25, -0.2) is 4.39 Å². The van der Waals surface area contributed by atoms with Crippen LogP contribution in [-0.4, -0.2) is 27.8 Å². The molecule has 0 N–H and O–H groups in total. The van der Waals surface area contributed by atoms with Crippen molar-refractivity contribution in [1.29, 1.82) is 0 Å². The molecular weight excluding hydrogens is 457 g/mol. The lowest BCUT2D eigenvalue weighted by Crippen LogP contribution is -2.28. The fourth-order valence-corrected chi connectivity index (χ4v) is 4.23. The molecule has 0 aliphatic rings. The Bertz CT molecular complexity index is 1460. The second-order valence-corrected chi connectivity index (χ2v) is 8.63. The predicted molar refractivity (Wildman–Crippen MR) is 129 cm³/mol. The number of hydrogen-bond acceptors (Lipinski definition) is 7. The Morgan fingerprint density at radius 1 is 1.06 bits per heavy atom. The van der Waals surface area contributed by atoms with Crippen molar-refractivity contribution in [3.63, 3.8) is 0 Å². The topological polar surface area (TPSA) is 82.8 Å². The summed E-state index contributed by atoms with van der Waals surface area (Å²) in [6, 6.07) is 11.3. The summed E-state index contributed by atoms with van der Waals surface area (Å²) in [6.07, 6.45) is 3.85. The predicted octanol–water partition coefficient (Wildman–Crippen LogP) is 3.37. The highest BCUT2D eigenvalue weighted by Gasteiger charge is 2.12. The average molecular weight is 482 g/mol. The molecule has 4 rings (SSSR count). The minimum Gasteiger partial charge on any atom is -0.490 e. The molecule has 0 fully saturated rings. The van der Waals surface area contributed by atoms with Gasteiger partial charge in [0.1, 0.15) is 11.5 Å². The van der Waals surface area contributed by atoms with Crippen LogP contribution in [0.5, 0.6) is 11.5 Å². The zero-order chi connectivity index (χ0) is 24.1. The average Bonchev–Trinajstić information content (AvgIpc) is 3.11. The second-order valence-electron chi connectivity index (χ2n) is 7.62. The SMILES string of the molecule is CCCCOc1ccc(/C=c2\sc3nc(=O)c(Cc4ccc(F)cc4)nn3c2=O)cc1OCC. The normalized spacial score (nSPS) is 11.8. The van der Waals surface area contributed by atoms with Crippen LogP contribution in [0.4, 0.5) is 4.39 Å². The largest absolute Gasteiger partial charge is 0.490 e. The summed E-state index contributed by atoms with van der Waals surface area (Å²) in [5.74, 6) is 0.897. The molecule has 34 heavy (non-hydrogen) atoms. The summed E-state index contributed by atoms with van der Waals surface area (Å²) in [5, 5.41) is 4.24. The highest BCUT2D eigenvalue weighted by Crippen LogP contribution is 2.29. The fraction of sp³-hybridized carbons (Fsp3) is 0.280. The molecular formula is C25H24FN3O4S. The van der Waals surface area contributed by atoms with Crippen molar-refractivity contribution in [3.8, 4) is 11.5 Å². The molecule has 0 unspecified atom stereocenters. The van der Waals surface area contributed by atoms with Crippen molar-refractivity contribution in [2.24, 2.45) is 0 Å². The Labute approximate surface area is 199 Å². The summed E-state index contributed by atoms with van der Waals surface area (Å²) in [5.41, 5.74) is 0.701. The maximum absolute atomic E-state index is 13.2. The van der Waals surface area contributed by atoms with Crippen molar-refractivity contribution in [3.05, 3.63) is 90.3 Å². The monoisotopic (exact) mass is 481 g/mol. The van der Waals surface area contributed by atoms with Gasteiger partial charge in [0, 0.05) is 6.42 Å². The molecule has 0 radical (unpaired) electrons. The van der Waals surface area contributed by atoms with E-state index in [1.807, 2.05) is 25.1 Å². The molecule has 0 amide bonds. The molecule has 0 bridgehead atoms. The lowest BCUT2D eigenvalue weighted by atomic mass is 10.1. The first-order valence-corrected chi connectivity index (χ1v) is 11.9. The number of rotatable bonds is 9. The number of nitrogens with zero attached hydrogens (tertiary/aromatic N) is 3. The van der Waals surface area contributed by atoms with Gasteiger partial charge in [-0.15, -0.1) is 0 Å². The van der Waals surface area contributed by atoms with E-state index in [0.717, 1.165) is 34.3 Å². The first-order valence-electron chi connectivity index (χ1n) is 11.1. The van der Waals surface area contributed by atoms with E-state index < -0.39 is 5.56 Å². The van der Waals surface area contributed by atoms with Crippen LogP contribution in [0.25, 0.3) is 11.0 Å². The molecule has 0 aliphatic heterocycles. The maximum Gasteiger partial charge on any atom is 0.296 e. The van der Waals surface area contributed by atoms with Gasteiger partial charge in [-0.1, -0.05) is 42.9 Å². The van der Waals surface area contributed by atoms with Gasteiger partial charge in [0.2, 0.25) is 4.96 Å². The summed E-state index contributed by atoms with van der Waals surface area (Å²) in [6.45, 7) is 5.08. The van der Waals surface area contributed by atoms with Gasteiger partial charge in [-0.3, -0.25) is 9.59 Å². The molecule has 176 valence electrons. The van der Waals surface area contributed by atoms with Crippen LogP contribution in [0, 0.1) is 5.82 Å². The van der Waals surface area contributed by atoms with Gasteiger partial charge in [-0.2, -0.15) is 14.6 Å². The molecule has 0 saturated heterocycles. The summed E-state index contributed by atoms with van der Waals surface area (Å²) in [4.78, 5) is 29.7. The van der Waals surface area contributed by atoms with Gasteiger partial charge in [0.15, 0.2) is 11.5 Å². The maximum atomic E-state index is 13.2. The Hall–Kier alpha value is -3.59. The number of benzene rings is 2. The summed E-state index contributed by atoms with van der Waals surface area (Å²) < 4.78 is 26.2. The minimum absolute atomic E-state index is 0.123. The van der Waals surface area contributed by atoms with Crippen molar-refractivity contribution >= 4 is 22.4 Å². The number of aromatic nitrogens is 3. The molecule has 2 aromatic carbocycles. The van der Waals surface area contributed by atoms with E-state index in [1.54, 1.807) is 18.2 Å². The van der Waals surface area contributed by atoms with E-state index in [9.17, 15) is 14.0 Å². The third-order valence-electron chi connectivity index (χ3n) is 5.06. The van der Waals surface area contributed by atoms with E-state index in [-0.39, 0.29) is 28.5 Å². The van der Waals surface area contributed by atoms with E-state index >= 15 is 0 Å². The number of unbranched alkanes of at least 4 members (excludes halogenated alkanes) is 1. The lowest BCUT2D eigenvalue weighted by molar-refractivity contribution is 0.272. The third kappa shape index (κ3) is 5.31. The summed E-state index contributed by atoms with van der Waals surface area (Å²) in [7, 11) is 0. The van der Waals surface area contributed by atoms with Gasteiger partial charge in [-0.05, 0) is 54.8 Å². The molecule has 2 heterocycles. The van der Waals surface area contributed by atoms with Crippen LogP contribution in [-0.2, 0) is 6.42 Å². The van der Waals surface area contributed by atoms with Crippen molar-refractivity contribution in [2.75, 3.05) is 13.2 Å². The van der Waals surface area contributed by atoms with E-state index in [4.69, 9.17) is 9.47 Å². The molecule has 4 aromatic rings. The zero-order valence-corrected chi connectivity index (χ0v) is 19.7. The molecule has 0 atom stereocenters. The summed E-state index contributed by atoms with van der Waals surface area (Å²) >= 11 is 1.09. The van der Waals surface area contributed by atoms with Crippen LogP contribution in [0.15, 0.2) is 52.1 Å². The van der Waals surface area contributed by atoms with E-state index in [2.05, 4.69) is 17.0 Å². The van der Waals surface area contributed by atoms with Crippen molar-refractivity contribution in [2.45, 2.75) is 33.1 Å². The lowest BCUT2D eigenvalue weighted by Gasteiger charge is -2.12. The molecule has 9 heteroatoms. The van der Waals surface area contributed by atoms with Crippen LogP contribution in [0.2, 0.25) is 0 Å². The van der Waals surface area contributed by atoms with Gasteiger partial charge in [0.25, 0.3) is 11.1 Å². The highest BCUT2D eigenvalue weighted by molar-refractivity contribution is 7.15. The van der Waals surface area contributed by atoms with E-state index in [1.165, 1.54) is 12.1 Å². The molecule has 0 spiro atoms. The fourth-order valence-electron chi connectivity index (χ4n) is 3.33. The van der Waals surface area contributed by atoms with Crippen LogP contribution in [0.1, 0.15) is 43.5 Å². The number of halogens is 1. The number of hydrogen-bond donors (Lipinski definition) is 0. The highest BCUT2D eigenvalue weighted by atomic mass is 32.1. The van der Waals surface area contributed by atoms with Crippen LogP contribution in [0.3, 0.4) is 0 Å². The van der Waals surface area contributed by atoms with Gasteiger partial charge >= 0.3 is 0 Å². The van der Waals surface area contributed by atoms with Gasteiger partial charge in [0.05, 0.1) is 17.7 Å². The number of ether oxygens (including phenoxy) is 2. The minimum atomic E-state index is -0.510. The third-order valence-corrected chi connectivity index (χ3v) is 6.02. The smallest absolute Gasteiger partial charge is 0.296 e. The Morgan fingerprint density at radius 2 is 1.85 bits per heavy atom. The van der Waals surface area contributed by atoms with Crippen molar-refractivity contribution < 1.29 is 13.9 Å². The zero-order valence-electron chi connectivity index (χ0n) is 18.9.